The first-order valence-electron chi connectivity index (χ1n) is 8.53. The van der Waals surface area contributed by atoms with Gasteiger partial charge in [0.25, 0.3) is 0 Å². The summed E-state index contributed by atoms with van der Waals surface area (Å²) in [5.41, 5.74) is 0.427. The highest BCUT2D eigenvalue weighted by Gasteiger charge is 2.34. The molecule has 0 spiro atoms. The van der Waals surface area contributed by atoms with E-state index in [1.54, 1.807) is 0 Å². The Morgan fingerprint density at radius 2 is 1.80 bits per heavy atom. The third-order valence-electron chi connectivity index (χ3n) is 5.01. The van der Waals surface area contributed by atoms with Gasteiger partial charge in [-0.1, -0.05) is 33.6 Å². The van der Waals surface area contributed by atoms with E-state index in [-0.39, 0.29) is 0 Å². The maximum Gasteiger partial charge on any atom is 0.0594 e. The first-order chi connectivity index (χ1) is 9.47. The number of hydrogen-bond acceptors (Lipinski definition) is 3. The summed E-state index contributed by atoms with van der Waals surface area (Å²) in [7, 11) is 0. The van der Waals surface area contributed by atoms with E-state index in [1.165, 1.54) is 25.7 Å². The van der Waals surface area contributed by atoms with Crippen LogP contribution in [0.4, 0.5) is 0 Å². The van der Waals surface area contributed by atoms with E-state index in [2.05, 4.69) is 37.9 Å². The molecule has 3 unspecified atom stereocenters. The average molecular weight is 282 g/mol. The molecule has 1 N–H and O–H groups in total. The van der Waals surface area contributed by atoms with Crippen LogP contribution in [0.5, 0.6) is 0 Å². The van der Waals surface area contributed by atoms with E-state index >= 15 is 0 Å². The lowest BCUT2D eigenvalue weighted by atomic mass is 9.69. The molecule has 0 aromatic rings. The molecule has 0 aromatic heterocycles. The van der Waals surface area contributed by atoms with Crippen molar-refractivity contribution in [2.45, 2.75) is 65.5 Å². The van der Waals surface area contributed by atoms with Crippen molar-refractivity contribution in [3.63, 3.8) is 0 Å². The molecule has 118 valence electrons. The molecule has 20 heavy (non-hydrogen) atoms. The quantitative estimate of drug-likeness (QED) is 0.858. The van der Waals surface area contributed by atoms with Crippen LogP contribution < -0.4 is 5.32 Å². The molecule has 0 bridgehead atoms. The van der Waals surface area contributed by atoms with Crippen molar-refractivity contribution in [3.05, 3.63) is 0 Å². The van der Waals surface area contributed by atoms with E-state index in [0.29, 0.717) is 17.5 Å². The van der Waals surface area contributed by atoms with Crippen molar-refractivity contribution in [3.8, 4) is 0 Å². The van der Waals surface area contributed by atoms with Crippen LogP contribution in [0, 0.1) is 11.3 Å². The van der Waals surface area contributed by atoms with Gasteiger partial charge in [-0.25, -0.2) is 0 Å². The largest absolute Gasteiger partial charge is 0.379 e. The second kappa shape index (κ2) is 7.24. The molecular formula is C17H34N2O. The Bertz CT molecular complexity index is 281. The predicted molar refractivity (Wildman–Crippen MR) is 85.1 cm³/mol. The number of ether oxygens (including phenoxy) is 1. The normalized spacial score (nSPS) is 31.2. The fourth-order valence-electron chi connectivity index (χ4n) is 3.96. The Balaban J connectivity index is 1.83. The number of morpholine rings is 1. The van der Waals surface area contributed by atoms with Gasteiger partial charge in [0.2, 0.25) is 0 Å². The molecule has 0 radical (unpaired) electrons. The summed E-state index contributed by atoms with van der Waals surface area (Å²) in [5, 5.41) is 3.94. The number of nitrogens with one attached hydrogen (secondary N) is 1. The minimum absolute atomic E-state index is 0.427. The van der Waals surface area contributed by atoms with Gasteiger partial charge in [-0.2, -0.15) is 0 Å². The van der Waals surface area contributed by atoms with Gasteiger partial charge >= 0.3 is 0 Å². The molecule has 1 saturated carbocycles. The monoisotopic (exact) mass is 282 g/mol. The summed E-state index contributed by atoms with van der Waals surface area (Å²) in [5.74, 6) is 0.823. The van der Waals surface area contributed by atoms with Gasteiger partial charge < -0.3 is 10.1 Å². The third-order valence-corrected chi connectivity index (χ3v) is 5.01. The van der Waals surface area contributed by atoms with Crippen LogP contribution in [0.25, 0.3) is 0 Å². The van der Waals surface area contributed by atoms with Crippen LogP contribution in [0.3, 0.4) is 0 Å². The van der Waals surface area contributed by atoms with Crippen molar-refractivity contribution in [2.24, 2.45) is 11.3 Å². The van der Waals surface area contributed by atoms with Crippen LogP contribution in [0.1, 0.15) is 53.4 Å². The van der Waals surface area contributed by atoms with Crippen molar-refractivity contribution in [1.82, 2.24) is 10.2 Å². The third kappa shape index (κ3) is 4.71. The highest BCUT2D eigenvalue weighted by Crippen LogP contribution is 2.38. The maximum absolute atomic E-state index is 5.43. The Labute approximate surface area is 125 Å². The van der Waals surface area contributed by atoms with E-state index in [1.807, 2.05) is 0 Å². The van der Waals surface area contributed by atoms with Crippen LogP contribution in [-0.2, 0) is 4.74 Å². The minimum Gasteiger partial charge on any atom is -0.379 e. The molecule has 1 aliphatic heterocycles. The topological polar surface area (TPSA) is 24.5 Å². The van der Waals surface area contributed by atoms with Gasteiger partial charge in [-0.05, 0) is 31.1 Å². The lowest BCUT2D eigenvalue weighted by Gasteiger charge is -2.42. The summed E-state index contributed by atoms with van der Waals surface area (Å²) in [6.07, 6.45) is 5.56. The number of nitrogens with zero attached hydrogens (tertiary/aromatic N) is 1. The molecule has 3 nitrogen and oxygen atoms in total. The molecular weight excluding hydrogens is 248 g/mol. The van der Waals surface area contributed by atoms with Crippen LogP contribution >= 0.6 is 0 Å². The van der Waals surface area contributed by atoms with Gasteiger partial charge in [0.1, 0.15) is 0 Å². The number of hydrogen-bond donors (Lipinski definition) is 1. The molecule has 1 aliphatic carbocycles. The minimum atomic E-state index is 0.427. The Morgan fingerprint density at radius 1 is 1.15 bits per heavy atom. The summed E-state index contributed by atoms with van der Waals surface area (Å²) < 4.78 is 5.43. The average Bonchev–Trinajstić information content (AvgIpc) is 2.39. The molecule has 2 rings (SSSR count). The summed E-state index contributed by atoms with van der Waals surface area (Å²) >= 11 is 0. The van der Waals surface area contributed by atoms with Crippen molar-refractivity contribution in [2.75, 3.05) is 32.8 Å². The highest BCUT2D eigenvalue weighted by atomic mass is 16.5. The smallest absolute Gasteiger partial charge is 0.0594 e. The molecule has 0 aromatic carbocycles. The van der Waals surface area contributed by atoms with Gasteiger partial charge in [0.05, 0.1) is 13.2 Å². The van der Waals surface area contributed by atoms with Crippen LogP contribution in [-0.4, -0.2) is 49.8 Å². The van der Waals surface area contributed by atoms with Crippen molar-refractivity contribution in [1.29, 1.82) is 0 Å². The molecule has 0 amide bonds. The molecule has 1 saturated heterocycles. The number of rotatable bonds is 4. The fraction of sp³-hybridized carbons (Fsp3) is 1.00. The second-order valence-corrected chi connectivity index (χ2v) is 7.84. The SMILES string of the molecule is CC(CN1CCOCC1)NC1CCCCC1C(C)(C)C. The van der Waals surface area contributed by atoms with E-state index < -0.39 is 0 Å². The van der Waals surface area contributed by atoms with Crippen molar-refractivity contribution < 1.29 is 4.74 Å². The zero-order chi connectivity index (χ0) is 14.6. The molecule has 1 heterocycles. The Kier molecular flexibility index (Phi) is 5.88. The molecule has 2 fully saturated rings. The maximum atomic E-state index is 5.43. The Hall–Kier alpha value is -0.120. The van der Waals surface area contributed by atoms with Crippen LogP contribution in [0.15, 0.2) is 0 Å². The first-order valence-corrected chi connectivity index (χ1v) is 8.53. The lowest BCUT2D eigenvalue weighted by molar-refractivity contribution is 0.0315. The van der Waals surface area contributed by atoms with Gasteiger partial charge in [0, 0.05) is 31.7 Å². The first kappa shape index (κ1) is 16.3. The van der Waals surface area contributed by atoms with Crippen molar-refractivity contribution >= 4 is 0 Å². The van der Waals surface area contributed by atoms with E-state index in [0.717, 1.165) is 38.8 Å². The van der Waals surface area contributed by atoms with Gasteiger partial charge in [-0.3, -0.25) is 4.90 Å². The summed E-state index contributed by atoms with van der Waals surface area (Å²) in [6.45, 7) is 14.7. The predicted octanol–water partition coefficient (Wildman–Crippen LogP) is 2.90. The summed E-state index contributed by atoms with van der Waals surface area (Å²) in [6, 6.07) is 1.29. The van der Waals surface area contributed by atoms with Gasteiger partial charge in [-0.15, -0.1) is 0 Å². The zero-order valence-corrected chi connectivity index (χ0v) is 14.0. The molecule has 3 heteroatoms. The second-order valence-electron chi connectivity index (χ2n) is 7.84. The highest BCUT2D eigenvalue weighted by molar-refractivity contribution is 4.89. The van der Waals surface area contributed by atoms with Crippen LogP contribution in [0.2, 0.25) is 0 Å². The van der Waals surface area contributed by atoms with E-state index in [4.69, 9.17) is 4.74 Å². The lowest BCUT2D eigenvalue weighted by Crippen LogP contribution is -2.51. The van der Waals surface area contributed by atoms with E-state index in [9.17, 15) is 0 Å². The molecule has 2 aliphatic rings. The fourth-order valence-corrected chi connectivity index (χ4v) is 3.96. The Morgan fingerprint density at radius 3 is 2.45 bits per heavy atom. The zero-order valence-electron chi connectivity index (χ0n) is 14.0. The molecule has 3 atom stereocenters. The summed E-state index contributed by atoms with van der Waals surface area (Å²) in [4.78, 5) is 2.54. The van der Waals surface area contributed by atoms with Gasteiger partial charge in [0.15, 0.2) is 0 Å². The standard InChI is InChI=1S/C17H34N2O/c1-14(13-19-9-11-20-12-10-19)18-16-8-6-5-7-15(16)17(2,3)4/h14-16,18H,5-13H2,1-4H3.